The van der Waals surface area contributed by atoms with Gasteiger partial charge in [0, 0.05) is 11.1 Å². The average Bonchev–Trinajstić information content (AvgIpc) is 2.51. The lowest BCUT2D eigenvalue weighted by atomic mass is 9.48. The lowest BCUT2D eigenvalue weighted by Crippen LogP contribution is -2.51. The molecule has 4 aliphatic carbocycles. The smallest absolute Gasteiger partial charge is 0.338 e. The fraction of sp³-hybridized carbons (Fsp3) is 0.579. The molecule has 0 saturated heterocycles. The first-order chi connectivity index (χ1) is 11.0. The highest BCUT2D eigenvalue weighted by atomic mass is 16.5. The van der Waals surface area contributed by atoms with Crippen LogP contribution in [-0.2, 0) is 9.53 Å². The Kier molecular flexibility index (Phi) is 3.43. The molecule has 0 spiro atoms. The van der Waals surface area contributed by atoms with Gasteiger partial charge in [-0.3, -0.25) is 4.79 Å². The summed E-state index contributed by atoms with van der Waals surface area (Å²) in [7, 11) is 0. The Morgan fingerprint density at radius 1 is 1.09 bits per heavy atom. The second-order valence-electron chi connectivity index (χ2n) is 7.82. The van der Waals surface area contributed by atoms with Crippen molar-refractivity contribution in [3.63, 3.8) is 0 Å². The third-order valence-corrected chi connectivity index (χ3v) is 6.09. The molecule has 0 atom stereocenters. The SMILES string of the molecule is Nc1cccc(C(=O)OCC(=O)C23CC4CC(CC(C4)C2)C3)c1. The van der Waals surface area contributed by atoms with Gasteiger partial charge in [0.1, 0.15) is 0 Å². The van der Waals surface area contributed by atoms with E-state index in [1.165, 1.54) is 19.3 Å². The molecule has 4 nitrogen and oxygen atoms in total. The summed E-state index contributed by atoms with van der Waals surface area (Å²) >= 11 is 0. The van der Waals surface area contributed by atoms with Crippen LogP contribution in [0.4, 0.5) is 5.69 Å². The molecule has 4 fully saturated rings. The van der Waals surface area contributed by atoms with Crippen LogP contribution in [0, 0.1) is 23.2 Å². The van der Waals surface area contributed by atoms with Crippen LogP contribution in [0.5, 0.6) is 0 Å². The molecular weight excluding hydrogens is 290 g/mol. The number of nitrogen functional groups attached to an aromatic ring is 1. The topological polar surface area (TPSA) is 69.4 Å². The summed E-state index contributed by atoms with van der Waals surface area (Å²) < 4.78 is 5.29. The predicted octanol–water partition coefficient (Wildman–Crippen LogP) is 3.21. The van der Waals surface area contributed by atoms with Gasteiger partial charge < -0.3 is 10.5 Å². The van der Waals surface area contributed by atoms with Crippen LogP contribution < -0.4 is 5.73 Å². The summed E-state index contributed by atoms with van der Waals surface area (Å²) in [5.41, 5.74) is 6.40. The number of Topliss-reactive ketones (excluding diaryl/α,β-unsaturated/α-hetero) is 1. The Bertz CT molecular complexity index is 616. The van der Waals surface area contributed by atoms with Crippen molar-refractivity contribution in [3.8, 4) is 0 Å². The van der Waals surface area contributed by atoms with Gasteiger partial charge in [-0.15, -0.1) is 0 Å². The van der Waals surface area contributed by atoms with Crippen molar-refractivity contribution >= 4 is 17.4 Å². The molecule has 0 unspecified atom stereocenters. The van der Waals surface area contributed by atoms with Crippen LogP contribution in [0.25, 0.3) is 0 Å². The summed E-state index contributed by atoms with van der Waals surface area (Å²) in [5, 5.41) is 0. The Labute approximate surface area is 136 Å². The molecule has 0 radical (unpaired) electrons. The minimum absolute atomic E-state index is 0.0974. The summed E-state index contributed by atoms with van der Waals surface area (Å²) in [4.78, 5) is 24.9. The van der Waals surface area contributed by atoms with Crippen LogP contribution in [0.1, 0.15) is 48.9 Å². The molecule has 0 aromatic heterocycles. The van der Waals surface area contributed by atoms with Gasteiger partial charge in [-0.25, -0.2) is 4.79 Å². The number of benzene rings is 1. The number of hydrogen-bond acceptors (Lipinski definition) is 4. The molecule has 0 heterocycles. The zero-order valence-electron chi connectivity index (χ0n) is 13.3. The zero-order chi connectivity index (χ0) is 16.0. The maximum atomic E-state index is 12.8. The average molecular weight is 313 g/mol. The molecule has 122 valence electrons. The molecule has 5 rings (SSSR count). The van der Waals surface area contributed by atoms with Crippen molar-refractivity contribution in [2.45, 2.75) is 38.5 Å². The van der Waals surface area contributed by atoms with E-state index in [0.29, 0.717) is 11.3 Å². The third-order valence-electron chi connectivity index (χ3n) is 6.09. The van der Waals surface area contributed by atoms with E-state index < -0.39 is 5.97 Å². The van der Waals surface area contributed by atoms with Crippen LogP contribution in [0.2, 0.25) is 0 Å². The summed E-state index contributed by atoms with van der Waals surface area (Å²) in [6.45, 7) is -0.0974. The van der Waals surface area contributed by atoms with Crippen molar-refractivity contribution in [2.75, 3.05) is 12.3 Å². The second-order valence-corrected chi connectivity index (χ2v) is 7.82. The highest BCUT2D eigenvalue weighted by molar-refractivity contribution is 5.93. The monoisotopic (exact) mass is 313 g/mol. The van der Waals surface area contributed by atoms with Crippen molar-refractivity contribution in [1.29, 1.82) is 0 Å². The Morgan fingerprint density at radius 2 is 1.70 bits per heavy atom. The van der Waals surface area contributed by atoms with E-state index >= 15 is 0 Å². The van der Waals surface area contributed by atoms with Crippen LogP contribution in [0.15, 0.2) is 24.3 Å². The quantitative estimate of drug-likeness (QED) is 0.684. The van der Waals surface area contributed by atoms with Crippen molar-refractivity contribution in [1.82, 2.24) is 0 Å². The molecule has 4 bridgehead atoms. The zero-order valence-corrected chi connectivity index (χ0v) is 13.3. The molecule has 0 aliphatic heterocycles. The normalized spacial score (nSPS) is 34.3. The lowest BCUT2D eigenvalue weighted by Gasteiger charge is -2.55. The van der Waals surface area contributed by atoms with Gasteiger partial charge in [-0.05, 0) is 74.5 Å². The van der Waals surface area contributed by atoms with Gasteiger partial charge in [0.2, 0.25) is 0 Å². The fourth-order valence-corrected chi connectivity index (χ4v) is 5.49. The molecule has 4 aliphatic rings. The second kappa shape index (κ2) is 5.36. The fourth-order valence-electron chi connectivity index (χ4n) is 5.49. The van der Waals surface area contributed by atoms with E-state index in [-0.39, 0.29) is 17.8 Å². The standard InChI is InChI=1S/C19H23NO3/c20-16-3-1-2-15(7-16)18(22)23-11-17(21)19-8-12-4-13(9-19)6-14(5-12)10-19/h1-3,7,12-14H,4-6,8-11,20H2. The number of anilines is 1. The van der Waals surface area contributed by atoms with Gasteiger partial charge in [0.15, 0.2) is 12.4 Å². The van der Waals surface area contributed by atoms with E-state index in [1.54, 1.807) is 24.3 Å². The van der Waals surface area contributed by atoms with Crippen molar-refractivity contribution in [2.24, 2.45) is 23.2 Å². The highest BCUT2D eigenvalue weighted by Gasteiger charge is 2.54. The van der Waals surface area contributed by atoms with Crippen molar-refractivity contribution in [3.05, 3.63) is 29.8 Å². The number of carbonyl (C=O) groups excluding carboxylic acids is 2. The number of carbonyl (C=O) groups is 2. The molecule has 2 N–H and O–H groups in total. The van der Waals surface area contributed by atoms with Gasteiger partial charge in [0.25, 0.3) is 0 Å². The van der Waals surface area contributed by atoms with Crippen LogP contribution in [0.3, 0.4) is 0 Å². The number of ether oxygens (including phenoxy) is 1. The third kappa shape index (κ3) is 2.64. The van der Waals surface area contributed by atoms with E-state index in [9.17, 15) is 9.59 Å². The number of esters is 1. The summed E-state index contributed by atoms with van der Waals surface area (Å²) in [6.07, 6.45) is 6.93. The van der Waals surface area contributed by atoms with E-state index in [0.717, 1.165) is 37.0 Å². The lowest BCUT2D eigenvalue weighted by molar-refractivity contribution is -0.147. The summed E-state index contributed by atoms with van der Waals surface area (Å²) in [5.74, 6) is 1.82. The number of rotatable bonds is 4. The van der Waals surface area contributed by atoms with E-state index in [2.05, 4.69) is 0 Å². The molecule has 1 aromatic rings. The van der Waals surface area contributed by atoms with E-state index in [4.69, 9.17) is 10.5 Å². The number of ketones is 1. The van der Waals surface area contributed by atoms with Crippen LogP contribution >= 0.6 is 0 Å². The minimum atomic E-state index is -0.463. The first kappa shape index (κ1) is 14.7. The van der Waals surface area contributed by atoms with Gasteiger partial charge in [-0.1, -0.05) is 6.07 Å². The predicted molar refractivity (Wildman–Crippen MR) is 86.7 cm³/mol. The molecular formula is C19H23NO3. The first-order valence-corrected chi connectivity index (χ1v) is 8.60. The molecule has 0 amide bonds. The van der Waals surface area contributed by atoms with Crippen LogP contribution in [-0.4, -0.2) is 18.4 Å². The Balaban J connectivity index is 1.41. The van der Waals surface area contributed by atoms with Crippen molar-refractivity contribution < 1.29 is 14.3 Å². The molecule has 4 saturated carbocycles. The summed E-state index contributed by atoms with van der Waals surface area (Å²) in [6, 6.07) is 6.68. The van der Waals surface area contributed by atoms with Gasteiger partial charge >= 0.3 is 5.97 Å². The molecule has 1 aromatic carbocycles. The first-order valence-electron chi connectivity index (χ1n) is 8.60. The maximum Gasteiger partial charge on any atom is 0.338 e. The molecule has 23 heavy (non-hydrogen) atoms. The Morgan fingerprint density at radius 3 is 2.26 bits per heavy atom. The Hall–Kier alpha value is -1.84. The maximum absolute atomic E-state index is 12.8. The largest absolute Gasteiger partial charge is 0.454 e. The highest BCUT2D eigenvalue weighted by Crippen LogP contribution is 2.60. The minimum Gasteiger partial charge on any atom is -0.454 e. The molecule has 4 heteroatoms. The number of nitrogens with two attached hydrogens (primary N) is 1. The van der Waals surface area contributed by atoms with Gasteiger partial charge in [0.05, 0.1) is 5.56 Å². The van der Waals surface area contributed by atoms with Gasteiger partial charge in [-0.2, -0.15) is 0 Å². The van der Waals surface area contributed by atoms with E-state index in [1.807, 2.05) is 0 Å². The number of hydrogen-bond donors (Lipinski definition) is 1.